The van der Waals surface area contributed by atoms with Crippen molar-refractivity contribution in [2.75, 3.05) is 0 Å². The molecule has 2 nitrogen and oxygen atoms in total. The molecule has 0 bridgehead atoms. The van der Waals surface area contributed by atoms with Gasteiger partial charge in [-0.1, -0.05) is 65.2 Å². The highest BCUT2D eigenvalue weighted by atomic mass is 35.5. The van der Waals surface area contributed by atoms with Gasteiger partial charge < -0.3 is 10.1 Å². The zero-order valence-corrected chi connectivity index (χ0v) is 16.1. The zero-order valence-electron chi connectivity index (χ0n) is 14.6. The van der Waals surface area contributed by atoms with E-state index in [0.717, 1.165) is 23.4 Å². The fourth-order valence-electron chi connectivity index (χ4n) is 2.66. The van der Waals surface area contributed by atoms with Crippen LogP contribution in [-0.4, -0.2) is 0 Å². The number of ether oxygens (including phenoxy) is 1. The van der Waals surface area contributed by atoms with Gasteiger partial charge in [0.2, 0.25) is 0 Å². The number of nitrogens with one attached hydrogen (secondary N) is 1. The molecule has 0 saturated heterocycles. The first-order chi connectivity index (χ1) is 12.6. The van der Waals surface area contributed by atoms with Gasteiger partial charge in [-0.05, 0) is 48.4 Å². The maximum atomic E-state index is 6.17. The van der Waals surface area contributed by atoms with Crippen molar-refractivity contribution in [2.45, 2.75) is 26.6 Å². The maximum absolute atomic E-state index is 6.17. The summed E-state index contributed by atoms with van der Waals surface area (Å²) in [6, 6.07) is 21.9. The number of aryl methyl sites for hydroxylation is 1. The Hall–Kier alpha value is -2.00. The molecule has 0 amide bonds. The Morgan fingerprint density at radius 3 is 2.35 bits per heavy atom. The lowest BCUT2D eigenvalue weighted by Crippen LogP contribution is -2.13. The molecule has 0 radical (unpaired) electrons. The first-order valence-corrected chi connectivity index (χ1v) is 9.28. The summed E-state index contributed by atoms with van der Waals surface area (Å²) in [4.78, 5) is 0. The topological polar surface area (TPSA) is 21.3 Å². The fraction of sp³-hybridized carbons (Fsp3) is 0.182. The summed E-state index contributed by atoms with van der Waals surface area (Å²) < 4.78 is 5.99. The summed E-state index contributed by atoms with van der Waals surface area (Å²) in [7, 11) is 0. The summed E-state index contributed by atoms with van der Waals surface area (Å²) in [5, 5.41) is 4.86. The summed E-state index contributed by atoms with van der Waals surface area (Å²) in [5.41, 5.74) is 4.58. The van der Waals surface area contributed by atoms with E-state index in [2.05, 4.69) is 36.5 Å². The molecule has 3 aromatic carbocycles. The van der Waals surface area contributed by atoms with Gasteiger partial charge in [0.15, 0.2) is 0 Å². The molecule has 3 aromatic rings. The van der Waals surface area contributed by atoms with Gasteiger partial charge in [-0.3, -0.25) is 0 Å². The van der Waals surface area contributed by atoms with Crippen LogP contribution in [0.4, 0.5) is 0 Å². The van der Waals surface area contributed by atoms with Gasteiger partial charge in [-0.25, -0.2) is 0 Å². The summed E-state index contributed by atoms with van der Waals surface area (Å²) >= 11 is 12.2. The molecule has 26 heavy (non-hydrogen) atoms. The van der Waals surface area contributed by atoms with E-state index in [1.165, 1.54) is 11.1 Å². The Bertz CT molecular complexity index is 862. The minimum atomic E-state index is 0.465. The maximum Gasteiger partial charge on any atom is 0.124 e. The highest BCUT2D eigenvalue weighted by Gasteiger charge is 2.06. The molecule has 0 atom stereocenters. The minimum Gasteiger partial charge on any atom is -0.489 e. The van der Waals surface area contributed by atoms with Crippen LogP contribution in [0.3, 0.4) is 0 Å². The van der Waals surface area contributed by atoms with E-state index in [9.17, 15) is 0 Å². The van der Waals surface area contributed by atoms with Gasteiger partial charge in [0.05, 0.1) is 0 Å². The van der Waals surface area contributed by atoms with Crippen LogP contribution in [0.5, 0.6) is 5.75 Å². The average Bonchev–Trinajstić information content (AvgIpc) is 2.63. The highest BCUT2D eigenvalue weighted by molar-refractivity contribution is 6.30. The first kappa shape index (κ1) is 18.8. The molecular formula is C22H21Cl2NO. The van der Waals surface area contributed by atoms with Crippen LogP contribution in [0.25, 0.3) is 0 Å². The predicted octanol–water partition coefficient (Wildman–Crippen LogP) is 6.17. The number of rotatable bonds is 7. The van der Waals surface area contributed by atoms with Crippen molar-refractivity contribution in [1.82, 2.24) is 5.32 Å². The Morgan fingerprint density at radius 1 is 0.808 bits per heavy atom. The van der Waals surface area contributed by atoms with E-state index >= 15 is 0 Å². The van der Waals surface area contributed by atoms with Crippen molar-refractivity contribution in [2.24, 2.45) is 0 Å². The van der Waals surface area contributed by atoms with Crippen molar-refractivity contribution in [3.8, 4) is 5.75 Å². The molecule has 0 aliphatic rings. The lowest BCUT2D eigenvalue weighted by molar-refractivity contribution is 0.302. The summed E-state index contributed by atoms with van der Waals surface area (Å²) in [6.07, 6.45) is 0. The van der Waals surface area contributed by atoms with Crippen LogP contribution >= 0.6 is 23.2 Å². The lowest BCUT2D eigenvalue weighted by Gasteiger charge is -2.13. The minimum absolute atomic E-state index is 0.465. The van der Waals surface area contributed by atoms with Crippen molar-refractivity contribution < 1.29 is 4.74 Å². The third-order valence-electron chi connectivity index (χ3n) is 4.07. The van der Waals surface area contributed by atoms with Gasteiger partial charge in [0.1, 0.15) is 12.4 Å². The second-order valence-electron chi connectivity index (χ2n) is 6.26. The van der Waals surface area contributed by atoms with E-state index < -0.39 is 0 Å². The molecule has 0 saturated carbocycles. The molecule has 0 unspecified atom stereocenters. The van der Waals surface area contributed by atoms with Crippen molar-refractivity contribution in [3.63, 3.8) is 0 Å². The summed E-state index contributed by atoms with van der Waals surface area (Å²) in [6.45, 7) is 4.03. The quantitative estimate of drug-likeness (QED) is 0.524. The Balaban J connectivity index is 1.62. The fourth-order valence-corrected chi connectivity index (χ4v) is 3.07. The molecule has 0 aliphatic heterocycles. The van der Waals surface area contributed by atoms with E-state index in [4.69, 9.17) is 27.9 Å². The second kappa shape index (κ2) is 9.09. The zero-order chi connectivity index (χ0) is 18.4. The second-order valence-corrected chi connectivity index (χ2v) is 7.13. The van der Waals surface area contributed by atoms with Gasteiger partial charge in [0.25, 0.3) is 0 Å². The van der Waals surface area contributed by atoms with Crippen molar-refractivity contribution >= 4 is 23.2 Å². The molecule has 0 heterocycles. The van der Waals surface area contributed by atoms with E-state index in [1.807, 2.05) is 42.5 Å². The van der Waals surface area contributed by atoms with Crippen LogP contribution in [0.1, 0.15) is 22.3 Å². The van der Waals surface area contributed by atoms with Crippen molar-refractivity contribution in [3.05, 3.63) is 99.0 Å². The number of halogens is 2. The number of benzene rings is 3. The molecule has 1 N–H and O–H groups in total. The normalized spacial score (nSPS) is 10.7. The third kappa shape index (κ3) is 5.50. The monoisotopic (exact) mass is 385 g/mol. The largest absolute Gasteiger partial charge is 0.489 e. The van der Waals surface area contributed by atoms with Crippen LogP contribution in [0, 0.1) is 6.92 Å². The van der Waals surface area contributed by atoms with Crippen LogP contribution in [0.2, 0.25) is 10.0 Å². The number of hydrogen-bond acceptors (Lipinski definition) is 2. The molecule has 134 valence electrons. The van der Waals surface area contributed by atoms with Crippen LogP contribution < -0.4 is 10.1 Å². The van der Waals surface area contributed by atoms with E-state index in [-0.39, 0.29) is 0 Å². The highest BCUT2D eigenvalue weighted by Crippen LogP contribution is 2.24. The molecule has 0 fully saturated rings. The Morgan fingerprint density at radius 2 is 1.58 bits per heavy atom. The van der Waals surface area contributed by atoms with Gasteiger partial charge in [0, 0.05) is 28.7 Å². The van der Waals surface area contributed by atoms with Gasteiger partial charge in [-0.2, -0.15) is 0 Å². The molecule has 4 heteroatoms. The smallest absolute Gasteiger partial charge is 0.124 e. The standard InChI is InChI=1S/C22H21Cl2NO/c1-16-5-7-17(8-6-16)13-25-14-19-12-21(24)9-10-22(19)26-15-18-3-2-4-20(23)11-18/h2-12,25H,13-15H2,1H3. The SMILES string of the molecule is Cc1ccc(CNCc2cc(Cl)ccc2OCc2cccc(Cl)c2)cc1. The lowest BCUT2D eigenvalue weighted by atomic mass is 10.1. The van der Waals surface area contributed by atoms with Gasteiger partial charge in [-0.15, -0.1) is 0 Å². The van der Waals surface area contributed by atoms with E-state index in [0.29, 0.717) is 23.2 Å². The van der Waals surface area contributed by atoms with Crippen LogP contribution in [-0.2, 0) is 19.7 Å². The predicted molar refractivity (Wildman–Crippen MR) is 109 cm³/mol. The molecule has 0 aromatic heterocycles. The summed E-state index contributed by atoms with van der Waals surface area (Å²) in [5.74, 6) is 0.825. The first-order valence-electron chi connectivity index (χ1n) is 8.52. The van der Waals surface area contributed by atoms with E-state index in [1.54, 1.807) is 0 Å². The molecule has 0 aliphatic carbocycles. The van der Waals surface area contributed by atoms with Crippen molar-refractivity contribution in [1.29, 1.82) is 0 Å². The average molecular weight is 386 g/mol. The van der Waals surface area contributed by atoms with Gasteiger partial charge >= 0.3 is 0 Å². The molecular weight excluding hydrogens is 365 g/mol. The molecule has 0 spiro atoms. The number of hydrogen-bond donors (Lipinski definition) is 1. The Kier molecular flexibility index (Phi) is 6.56. The van der Waals surface area contributed by atoms with Crippen LogP contribution in [0.15, 0.2) is 66.7 Å². The molecule has 3 rings (SSSR count). The third-order valence-corrected chi connectivity index (χ3v) is 4.54. The Labute approximate surface area is 164 Å².